The lowest BCUT2D eigenvalue weighted by Crippen LogP contribution is -2.29. The summed E-state index contributed by atoms with van der Waals surface area (Å²) < 4.78 is 5.17. The molecule has 1 heterocycles. The first-order chi connectivity index (χ1) is 8.35. The molecule has 0 amide bonds. The van der Waals surface area contributed by atoms with Crippen LogP contribution in [0.15, 0.2) is 12.3 Å². The van der Waals surface area contributed by atoms with Gasteiger partial charge in [-0.25, -0.2) is 4.98 Å². The van der Waals surface area contributed by atoms with Crippen LogP contribution >= 0.6 is 0 Å². The summed E-state index contributed by atoms with van der Waals surface area (Å²) in [7, 11) is 1.65. The molecule has 2 saturated carbocycles. The van der Waals surface area contributed by atoms with Gasteiger partial charge in [0, 0.05) is 25.4 Å². The highest BCUT2D eigenvalue weighted by Gasteiger charge is 2.30. The fourth-order valence-corrected chi connectivity index (χ4v) is 2.06. The minimum absolute atomic E-state index is 0.659. The van der Waals surface area contributed by atoms with E-state index in [1.54, 1.807) is 19.4 Å². The number of ether oxygens (including phenoxy) is 1. The van der Waals surface area contributed by atoms with Gasteiger partial charge in [0.15, 0.2) is 0 Å². The van der Waals surface area contributed by atoms with E-state index in [1.165, 1.54) is 25.7 Å². The molecule has 0 radical (unpaired) electrons. The van der Waals surface area contributed by atoms with Crippen molar-refractivity contribution in [2.45, 2.75) is 25.7 Å². The Labute approximate surface area is 102 Å². The van der Waals surface area contributed by atoms with Crippen molar-refractivity contribution < 1.29 is 4.74 Å². The molecule has 1 aromatic rings. The Hall–Kier alpha value is -1.32. The molecule has 0 aromatic carbocycles. The Morgan fingerprint density at radius 3 is 2.41 bits per heavy atom. The first kappa shape index (κ1) is 10.8. The van der Waals surface area contributed by atoms with Crippen LogP contribution in [0.5, 0.6) is 5.88 Å². The van der Waals surface area contributed by atoms with E-state index in [0.717, 1.165) is 30.9 Å². The lowest BCUT2D eigenvalue weighted by molar-refractivity contribution is 0.396. The zero-order valence-electron chi connectivity index (χ0n) is 10.3. The normalized spacial score (nSPS) is 19.1. The Morgan fingerprint density at radius 2 is 1.88 bits per heavy atom. The minimum Gasteiger partial charge on any atom is -0.481 e. The second kappa shape index (κ2) is 4.51. The van der Waals surface area contributed by atoms with Crippen molar-refractivity contribution in [2.75, 3.05) is 25.1 Å². The highest BCUT2D eigenvalue weighted by Crippen LogP contribution is 2.34. The third kappa shape index (κ3) is 2.87. The van der Waals surface area contributed by atoms with Gasteiger partial charge in [-0.1, -0.05) is 0 Å². The highest BCUT2D eigenvalue weighted by atomic mass is 16.5. The average Bonchev–Trinajstić information content (AvgIpc) is 3.23. The molecule has 2 aliphatic rings. The average molecular weight is 233 g/mol. The van der Waals surface area contributed by atoms with Crippen molar-refractivity contribution >= 4 is 5.95 Å². The van der Waals surface area contributed by atoms with E-state index in [0.29, 0.717) is 5.88 Å². The lowest BCUT2D eigenvalue weighted by atomic mass is 10.3. The molecule has 2 fully saturated rings. The van der Waals surface area contributed by atoms with E-state index in [1.807, 2.05) is 0 Å². The van der Waals surface area contributed by atoms with Crippen LogP contribution in [-0.4, -0.2) is 30.2 Å². The molecule has 0 atom stereocenters. The summed E-state index contributed by atoms with van der Waals surface area (Å²) in [5.41, 5.74) is 0. The van der Waals surface area contributed by atoms with Gasteiger partial charge >= 0.3 is 0 Å². The summed E-state index contributed by atoms with van der Waals surface area (Å²) in [6.45, 7) is 2.23. The first-order valence-electron chi connectivity index (χ1n) is 6.47. The Bertz CT molecular complexity index is 374. The monoisotopic (exact) mass is 233 g/mol. The SMILES string of the molecule is COc1ccnc(N(CC2CC2)CC2CC2)n1. The maximum absolute atomic E-state index is 5.17. The van der Waals surface area contributed by atoms with Crippen molar-refractivity contribution in [3.8, 4) is 5.88 Å². The third-order valence-electron chi connectivity index (χ3n) is 3.46. The molecular formula is C13H19N3O. The van der Waals surface area contributed by atoms with Gasteiger partial charge in [0.25, 0.3) is 0 Å². The summed E-state index contributed by atoms with van der Waals surface area (Å²) in [6, 6.07) is 1.80. The Morgan fingerprint density at radius 1 is 1.24 bits per heavy atom. The summed E-state index contributed by atoms with van der Waals surface area (Å²) in [5, 5.41) is 0. The minimum atomic E-state index is 0.659. The number of anilines is 1. The molecule has 0 unspecified atom stereocenters. The van der Waals surface area contributed by atoms with Gasteiger partial charge in [-0.3, -0.25) is 0 Å². The standard InChI is InChI=1S/C13H19N3O/c1-17-12-6-7-14-13(15-12)16(8-10-2-3-10)9-11-4-5-11/h6-7,10-11H,2-5,8-9H2,1H3. The summed E-state index contributed by atoms with van der Waals surface area (Å²) in [4.78, 5) is 11.2. The van der Waals surface area contributed by atoms with Crippen molar-refractivity contribution in [1.82, 2.24) is 9.97 Å². The smallest absolute Gasteiger partial charge is 0.228 e. The molecule has 92 valence electrons. The molecule has 4 nitrogen and oxygen atoms in total. The van der Waals surface area contributed by atoms with Crippen LogP contribution in [0.2, 0.25) is 0 Å². The zero-order chi connectivity index (χ0) is 11.7. The van der Waals surface area contributed by atoms with Gasteiger partial charge in [0.1, 0.15) is 0 Å². The molecule has 0 saturated heterocycles. The number of nitrogens with zero attached hydrogens (tertiary/aromatic N) is 3. The van der Waals surface area contributed by atoms with Crippen LogP contribution < -0.4 is 9.64 Å². The second-order valence-corrected chi connectivity index (χ2v) is 5.19. The first-order valence-corrected chi connectivity index (χ1v) is 6.47. The topological polar surface area (TPSA) is 38.2 Å². The number of hydrogen-bond donors (Lipinski definition) is 0. The number of methoxy groups -OCH3 is 1. The van der Waals surface area contributed by atoms with Crippen LogP contribution in [-0.2, 0) is 0 Å². The fourth-order valence-electron chi connectivity index (χ4n) is 2.06. The van der Waals surface area contributed by atoms with Gasteiger partial charge in [-0.2, -0.15) is 4.98 Å². The maximum atomic E-state index is 5.17. The zero-order valence-corrected chi connectivity index (χ0v) is 10.3. The Kier molecular flexibility index (Phi) is 2.87. The number of aromatic nitrogens is 2. The second-order valence-electron chi connectivity index (χ2n) is 5.19. The van der Waals surface area contributed by atoms with Gasteiger partial charge in [0.2, 0.25) is 11.8 Å². The largest absolute Gasteiger partial charge is 0.481 e. The van der Waals surface area contributed by atoms with Crippen LogP contribution in [0.4, 0.5) is 5.95 Å². The van der Waals surface area contributed by atoms with E-state index in [4.69, 9.17) is 4.74 Å². The van der Waals surface area contributed by atoms with E-state index >= 15 is 0 Å². The van der Waals surface area contributed by atoms with Gasteiger partial charge in [0.05, 0.1) is 7.11 Å². The molecule has 0 bridgehead atoms. The van der Waals surface area contributed by atoms with Crippen molar-refractivity contribution in [3.05, 3.63) is 12.3 Å². The molecule has 2 aliphatic carbocycles. The molecule has 17 heavy (non-hydrogen) atoms. The van der Waals surface area contributed by atoms with E-state index in [-0.39, 0.29) is 0 Å². The lowest BCUT2D eigenvalue weighted by Gasteiger charge is -2.22. The van der Waals surface area contributed by atoms with Crippen LogP contribution in [0.3, 0.4) is 0 Å². The van der Waals surface area contributed by atoms with Crippen molar-refractivity contribution in [3.63, 3.8) is 0 Å². The molecular weight excluding hydrogens is 214 g/mol. The summed E-state index contributed by atoms with van der Waals surface area (Å²) in [6.07, 6.45) is 7.25. The molecule has 4 heteroatoms. The molecule has 3 rings (SSSR count). The predicted octanol–water partition coefficient (Wildman–Crippen LogP) is 2.11. The van der Waals surface area contributed by atoms with E-state index < -0.39 is 0 Å². The molecule has 0 spiro atoms. The number of hydrogen-bond acceptors (Lipinski definition) is 4. The quantitative estimate of drug-likeness (QED) is 0.754. The third-order valence-corrected chi connectivity index (χ3v) is 3.46. The van der Waals surface area contributed by atoms with Crippen LogP contribution in [0.25, 0.3) is 0 Å². The molecule has 1 aromatic heterocycles. The van der Waals surface area contributed by atoms with Crippen LogP contribution in [0.1, 0.15) is 25.7 Å². The fraction of sp³-hybridized carbons (Fsp3) is 0.692. The summed E-state index contributed by atoms with van der Waals surface area (Å²) in [5.74, 6) is 3.22. The summed E-state index contributed by atoms with van der Waals surface area (Å²) >= 11 is 0. The van der Waals surface area contributed by atoms with Gasteiger partial charge in [-0.05, 0) is 37.5 Å². The van der Waals surface area contributed by atoms with Gasteiger partial charge in [-0.15, -0.1) is 0 Å². The molecule has 0 aliphatic heterocycles. The maximum Gasteiger partial charge on any atom is 0.228 e. The van der Waals surface area contributed by atoms with Gasteiger partial charge < -0.3 is 9.64 Å². The predicted molar refractivity (Wildman–Crippen MR) is 66.2 cm³/mol. The number of rotatable bonds is 6. The molecule has 0 N–H and O–H groups in total. The van der Waals surface area contributed by atoms with Crippen molar-refractivity contribution in [1.29, 1.82) is 0 Å². The van der Waals surface area contributed by atoms with Crippen LogP contribution in [0, 0.1) is 11.8 Å². The van der Waals surface area contributed by atoms with Crippen molar-refractivity contribution in [2.24, 2.45) is 11.8 Å². The highest BCUT2D eigenvalue weighted by molar-refractivity contribution is 5.33. The Balaban J connectivity index is 1.73. The van der Waals surface area contributed by atoms with E-state index in [9.17, 15) is 0 Å². The van der Waals surface area contributed by atoms with E-state index in [2.05, 4.69) is 14.9 Å².